The van der Waals surface area contributed by atoms with E-state index < -0.39 is 48.4 Å². The number of benzene rings is 2. The summed E-state index contributed by atoms with van der Waals surface area (Å²) in [5.41, 5.74) is 0. The molecular formula is C10H8O12S3. The average molecular weight is 416 g/mol. The summed E-state index contributed by atoms with van der Waals surface area (Å²) in [6.07, 6.45) is 0. The van der Waals surface area contributed by atoms with Crippen molar-refractivity contribution >= 4 is 42.0 Å². The van der Waals surface area contributed by atoms with Gasteiger partial charge in [-0.1, -0.05) is 0 Å². The zero-order valence-electron chi connectivity index (χ0n) is 11.6. The van der Waals surface area contributed by atoms with E-state index in [1.54, 1.807) is 0 Å². The topological polar surface area (TPSA) is 191 Å². The first-order chi connectivity index (χ1) is 11.2. The van der Waals surface area contributed by atoms with Gasteiger partial charge in [-0.25, -0.2) is 0 Å². The van der Waals surface area contributed by atoms with Crippen molar-refractivity contribution in [1.82, 2.24) is 0 Å². The van der Waals surface area contributed by atoms with Gasteiger partial charge < -0.3 is 12.5 Å². The normalized spacial score (nSPS) is 12.8. The Balaban J connectivity index is 2.67. The molecule has 2 aromatic carbocycles. The molecule has 3 N–H and O–H groups in total. The summed E-state index contributed by atoms with van der Waals surface area (Å²) in [7, 11) is -14.8. The van der Waals surface area contributed by atoms with E-state index in [1.807, 2.05) is 0 Å². The summed E-state index contributed by atoms with van der Waals surface area (Å²) in [5.74, 6) is -1.65. The van der Waals surface area contributed by atoms with Gasteiger partial charge in [-0.15, -0.1) is 0 Å². The second-order valence-electron chi connectivity index (χ2n) is 4.34. The SMILES string of the molecule is O=S(=O)(O)Oc1ccc2c(OS(=O)(=O)O)cc(OS(=O)(=O)O)cc2c1. The molecule has 0 aliphatic rings. The molecule has 12 nitrogen and oxygen atoms in total. The van der Waals surface area contributed by atoms with Crippen LogP contribution in [0, 0.1) is 0 Å². The molecule has 0 atom stereocenters. The summed E-state index contributed by atoms with van der Waals surface area (Å²) in [6, 6.07) is 4.74. The fraction of sp³-hybridized carbons (Fsp3) is 0. The zero-order valence-corrected chi connectivity index (χ0v) is 14.1. The highest BCUT2D eigenvalue weighted by Gasteiger charge is 2.17. The van der Waals surface area contributed by atoms with Crippen LogP contribution in [0.25, 0.3) is 10.8 Å². The Kier molecular flexibility index (Phi) is 4.81. The van der Waals surface area contributed by atoms with E-state index in [9.17, 15) is 25.3 Å². The molecule has 0 unspecified atom stereocenters. The molecule has 15 heteroatoms. The van der Waals surface area contributed by atoms with Crippen LogP contribution in [0.15, 0.2) is 30.3 Å². The average Bonchev–Trinajstić information content (AvgIpc) is 2.31. The van der Waals surface area contributed by atoms with E-state index >= 15 is 0 Å². The number of hydrogen-bond donors (Lipinski definition) is 3. The van der Waals surface area contributed by atoms with Gasteiger partial charge in [0.05, 0.1) is 0 Å². The first-order valence-corrected chi connectivity index (χ1v) is 9.90. The van der Waals surface area contributed by atoms with Crippen molar-refractivity contribution in [3.05, 3.63) is 30.3 Å². The van der Waals surface area contributed by atoms with Crippen LogP contribution in [0.4, 0.5) is 0 Å². The first kappa shape index (κ1) is 19.2. The number of fused-ring (bicyclic) bond motifs is 1. The summed E-state index contributed by atoms with van der Waals surface area (Å²) in [6.45, 7) is 0. The van der Waals surface area contributed by atoms with E-state index in [0.29, 0.717) is 0 Å². The lowest BCUT2D eigenvalue weighted by molar-refractivity contribution is 0.382. The molecule has 0 heterocycles. The van der Waals surface area contributed by atoms with E-state index in [1.165, 1.54) is 0 Å². The summed E-state index contributed by atoms with van der Waals surface area (Å²) < 4.78 is 103. The predicted molar refractivity (Wildman–Crippen MR) is 80.5 cm³/mol. The fourth-order valence-electron chi connectivity index (χ4n) is 1.81. The molecule has 0 radical (unpaired) electrons. The lowest BCUT2D eigenvalue weighted by Crippen LogP contribution is -2.09. The lowest BCUT2D eigenvalue weighted by Gasteiger charge is -2.10. The smallest absolute Gasteiger partial charge is 0.362 e. The highest BCUT2D eigenvalue weighted by Crippen LogP contribution is 2.34. The monoisotopic (exact) mass is 416 g/mol. The van der Waals surface area contributed by atoms with Gasteiger partial charge in [0.2, 0.25) is 0 Å². The van der Waals surface area contributed by atoms with Crippen molar-refractivity contribution in [3.63, 3.8) is 0 Å². The van der Waals surface area contributed by atoms with Gasteiger partial charge in [-0.3, -0.25) is 13.7 Å². The van der Waals surface area contributed by atoms with Gasteiger partial charge in [-0.2, -0.15) is 25.3 Å². The van der Waals surface area contributed by atoms with Crippen LogP contribution in [0.1, 0.15) is 0 Å². The molecule has 0 amide bonds. The quantitative estimate of drug-likeness (QED) is 0.549. The van der Waals surface area contributed by atoms with Gasteiger partial charge in [0, 0.05) is 11.5 Å². The van der Waals surface area contributed by atoms with Gasteiger partial charge in [0.25, 0.3) is 0 Å². The fourth-order valence-corrected chi connectivity index (χ4v) is 2.86. The largest absolute Gasteiger partial charge is 0.446 e. The third kappa shape index (κ3) is 6.00. The van der Waals surface area contributed by atoms with Crippen molar-refractivity contribution in [2.75, 3.05) is 0 Å². The molecule has 25 heavy (non-hydrogen) atoms. The summed E-state index contributed by atoms with van der Waals surface area (Å²) in [4.78, 5) is 0. The molecule has 0 aliphatic heterocycles. The number of hydrogen-bond acceptors (Lipinski definition) is 9. The standard InChI is InChI=1S/C10H8O12S3/c11-23(12,13)20-7-1-2-9-6(3-7)4-8(21-24(14,15)16)5-10(9)22-25(17,18)19/h1-5H,(H,11,12,13)(H,14,15,16)(H,17,18,19). The molecule has 0 aliphatic carbocycles. The molecule has 0 saturated heterocycles. The Morgan fingerprint density at radius 2 is 1.12 bits per heavy atom. The Morgan fingerprint density at radius 1 is 0.640 bits per heavy atom. The van der Waals surface area contributed by atoms with Crippen LogP contribution >= 0.6 is 0 Å². The molecule has 0 spiro atoms. The predicted octanol–water partition coefficient (Wildman–Crippen LogP) is 0.385. The maximum atomic E-state index is 10.9. The van der Waals surface area contributed by atoms with Gasteiger partial charge in [0.15, 0.2) is 5.75 Å². The van der Waals surface area contributed by atoms with E-state index in [2.05, 4.69) is 12.5 Å². The molecule has 138 valence electrons. The van der Waals surface area contributed by atoms with Crippen molar-refractivity contribution in [1.29, 1.82) is 0 Å². The van der Waals surface area contributed by atoms with Crippen molar-refractivity contribution in [2.45, 2.75) is 0 Å². The molecule has 0 fully saturated rings. The number of rotatable bonds is 6. The molecule has 0 saturated carbocycles. The van der Waals surface area contributed by atoms with E-state index in [4.69, 9.17) is 13.7 Å². The molecule has 0 bridgehead atoms. The Hall–Kier alpha value is -2.17. The van der Waals surface area contributed by atoms with Crippen LogP contribution in [-0.4, -0.2) is 38.9 Å². The zero-order chi connectivity index (χ0) is 19.0. The Bertz CT molecular complexity index is 1130. The van der Waals surface area contributed by atoms with Crippen molar-refractivity contribution < 1.29 is 51.5 Å². The van der Waals surface area contributed by atoms with Crippen LogP contribution in [0.2, 0.25) is 0 Å². The highest BCUT2D eigenvalue weighted by molar-refractivity contribution is 7.81. The maximum absolute atomic E-state index is 10.9. The van der Waals surface area contributed by atoms with Gasteiger partial charge >= 0.3 is 31.2 Å². The van der Waals surface area contributed by atoms with Crippen LogP contribution in [0.3, 0.4) is 0 Å². The van der Waals surface area contributed by atoms with Crippen molar-refractivity contribution in [2.24, 2.45) is 0 Å². The lowest BCUT2D eigenvalue weighted by atomic mass is 10.1. The minimum absolute atomic E-state index is 0.0389. The second-order valence-corrected chi connectivity index (χ2v) is 7.40. The van der Waals surface area contributed by atoms with Crippen molar-refractivity contribution in [3.8, 4) is 17.2 Å². The van der Waals surface area contributed by atoms with E-state index in [0.717, 1.165) is 30.3 Å². The minimum atomic E-state index is -5.00. The van der Waals surface area contributed by atoms with Gasteiger partial charge in [-0.05, 0) is 29.7 Å². The molecule has 2 aromatic rings. The molecule has 2 rings (SSSR count). The Morgan fingerprint density at radius 3 is 1.64 bits per heavy atom. The first-order valence-electron chi connectivity index (χ1n) is 5.80. The molecule has 0 aromatic heterocycles. The van der Waals surface area contributed by atoms with Gasteiger partial charge in [0.1, 0.15) is 11.5 Å². The minimum Gasteiger partial charge on any atom is -0.362 e. The maximum Gasteiger partial charge on any atom is 0.446 e. The summed E-state index contributed by atoms with van der Waals surface area (Å²) >= 11 is 0. The Labute approximate surface area is 141 Å². The second kappa shape index (κ2) is 6.28. The highest BCUT2D eigenvalue weighted by atomic mass is 32.3. The third-order valence-corrected chi connectivity index (χ3v) is 3.65. The summed E-state index contributed by atoms with van der Waals surface area (Å²) in [5, 5.41) is -0.121. The molecular weight excluding hydrogens is 408 g/mol. The third-order valence-electron chi connectivity index (χ3n) is 2.46. The van der Waals surface area contributed by atoms with Crippen LogP contribution in [-0.2, 0) is 31.2 Å². The van der Waals surface area contributed by atoms with Crippen LogP contribution < -0.4 is 12.5 Å². The van der Waals surface area contributed by atoms with E-state index in [-0.39, 0.29) is 10.8 Å². The van der Waals surface area contributed by atoms with Crippen LogP contribution in [0.5, 0.6) is 17.2 Å².